The minimum atomic E-state index is 0.0793. The standard InChI is InChI=1S/C18H26N2O3/c1-15(21)20-11-9-16(10-12-20)14-19-18(22)8-5-13-23-17-6-3-2-4-7-17/h2-4,6-7,16H,5,8-14H2,1H3,(H,19,22). The lowest BCUT2D eigenvalue weighted by molar-refractivity contribution is -0.130. The van der Waals surface area contributed by atoms with Gasteiger partial charge in [0.1, 0.15) is 5.75 Å². The number of para-hydroxylation sites is 1. The van der Waals surface area contributed by atoms with E-state index in [4.69, 9.17) is 4.74 Å². The summed E-state index contributed by atoms with van der Waals surface area (Å²) < 4.78 is 5.57. The zero-order valence-corrected chi connectivity index (χ0v) is 13.8. The van der Waals surface area contributed by atoms with E-state index in [-0.39, 0.29) is 11.8 Å². The molecule has 1 saturated heterocycles. The number of nitrogens with one attached hydrogen (secondary N) is 1. The van der Waals surface area contributed by atoms with Gasteiger partial charge >= 0.3 is 0 Å². The lowest BCUT2D eigenvalue weighted by Crippen LogP contribution is -2.40. The van der Waals surface area contributed by atoms with Crippen LogP contribution in [0.15, 0.2) is 30.3 Å². The smallest absolute Gasteiger partial charge is 0.220 e. The molecule has 0 aromatic heterocycles. The molecule has 2 amide bonds. The van der Waals surface area contributed by atoms with Gasteiger partial charge in [0.2, 0.25) is 11.8 Å². The Kier molecular flexibility index (Phi) is 6.91. The van der Waals surface area contributed by atoms with Gasteiger partial charge < -0.3 is 15.0 Å². The van der Waals surface area contributed by atoms with Crippen LogP contribution < -0.4 is 10.1 Å². The van der Waals surface area contributed by atoms with Crippen LogP contribution in [0, 0.1) is 5.92 Å². The Labute approximate surface area is 138 Å². The van der Waals surface area contributed by atoms with Gasteiger partial charge in [-0.15, -0.1) is 0 Å². The summed E-state index contributed by atoms with van der Waals surface area (Å²) in [5.41, 5.74) is 0. The van der Waals surface area contributed by atoms with Crippen molar-refractivity contribution in [3.8, 4) is 5.75 Å². The summed E-state index contributed by atoms with van der Waals surface area (Å²) in [4.78, 5) is 25.0. The fraction of sp³-hybridized carbons (Fsp3) is 0.556. The van der Waals surface area contributed by atoms with E-state index in [1.54, 1.807) is 6.92 Å². The van der Waals surface area contributed by atoms with E-state index in [1.165, 1.54) is 0 Å². The minimum Gasteiger partial charge on any atom is -0.494 e. The molecule has 0 bridgehead atoms. The molecule has 23 heavy (non-hydrogen) atoms. The summed E-state index contributed by atoms with van der Waals surface area (Å²) in [7, 11) is 0. The average Bonchev–Trinajstić information content (AvgIpc) is 2.58. The van der Waals surface area contributed by atoms with E-state index < -0.39 is 0 Å². The maximum absolute atomic E-state index is 11.8. The Balaban J connectivity index is 1.53. The van der Waals surface area contributed by atoms with Crippen LogP contribution >= 0.6 is 0 Å². The van der Waals surface area contributed by atoms with Crippen molar-refractivity contribution in [1.82, 2.24) is 10.2 Å². The number of nitrogens with zero attached hydrogens (tertiary/aromatic N) is 1. The molecule has 1 N–H and O–H groups in total. The van der Waals surface area contributed by atoms with Crippen molar-refractivity contribution in [3.63, 3.8) is 0 Å². The maximum atomic E-state index is 11.8. The number of hydrogen-bond acceptors (Lipinski definition) is 3. The van der Waals surface area contributed by atoms with Gasteiger partial charge in [-0.25, -0.2) is 0 Å². The van der Waals surface area contributed by atoms with Gasteiger partial charge in [0.15, 0.2) is 0 Å². The average molecular weight is 318 g/mol. The van der Waals surface area contributed by atoms with Gasteiger partial charge in [-0.05, 0) is 37.3 Å². The molecule has 0 unspecified atom stereocenters. The van der Waals surface area contributed by atoms with Gasteiger partial charge in [0, 0.05) is 33.0 Å². The van der Waals surface area contributed by atoms with Crippen molar-refractivity contribution < 1.29 is 14.3 Å². The van der Waals surface area contributed by atoms with E-state index in [0.29, 0.717) is 31.9 Å². The third kappa shape index (κ3) is 6.30. The first-order chi connectivity index (χ1) is 11.1. The third-order valence-corrected chi connectivity index (χ3v) is 4.21. The zero-order chi connectivity index (χ0) is 16.5. The molecule has 1 aromatic carbocycles. The summed E-state index contributed by atoms with van der Waals surface area (Å²) in [6.07, 6.45) is 3.14. The predicted octanol–water partition coefficient (Wildman–Crippen LogP) is 2.22. The molecule has 0 radical (unpaired) electrons. The lowest BCUT2D eigenvalue weighted by atomic mass is 9.97. The van der Waals surface area contributed by atoms with E-state index in [2.05, 4.69) is 5.32 Å². The quantitative estimate of drug-likeness (QED) is 0.784. The second kappa shape index (κ2) is 9.18. The van der Waals surface area contributed by atoms with Crippen LogP contribution in [-0.4, -0.2) is 43.0 Å². The van der Waals surface area contributed by atoms with Gasteiger partial charge in [-0.1, -0.05) is 18.2 Å². The Morgan fingerprint density at radius 3 is 2.57 bits per heavy atom. The largest absolute Gasteiger partial charge is 0.494 e. The van der Waals surface area contributed by atoms with E-state index in [0.717, 1.165) is 31.7 Å². The highest BCUT2D eigenvalue weighted by atomic mass is 16.5. The molecular formula is C18H26N2O3. The van der Waals surface area contributed by atoms with Crippen molar-refractivity contribution in [2.45, 2.75) is 32.6 Å². The van der Waals surface area contributed by atoms with Gasteiger partial charge in [0.25, 0.3) is 0 Å². The van der Waals surface area contributed by atoms with Gasteiger partial charge in [0.05, 0.1) is 6.61 Å². The first-order valence-corrected chi connectivity index (χ1v) is 8.35. The fourth-order valence-corrected chi connectivity index (χ4v) is 2.74. The molecule has 0 atom stereocenters. The molecule has 1 aliphatic heterocycles. The molecule has 1 aromatic rings. The summed E-state index contributed by atoms with van der Waals surface area (Å²) in [6, 6.07) is 9.63. The molecular weight excluding hydrogens is 292 g/mol. The Morgan fingerprint density at radius 1 is 1.22 bits per heavy atom. The number of piperidine rings is 1. The van der Waals surface area contributed by atoms with Crippen molar-refractivity contribution in [1.29, 1.82) is 0 Å². The normalized spacial score (nSPS) is 15.3. The highest BCUT2D eigenvalue weighted by molar-refractivity contribution is 5.75. The van der Waals surface area contributed by atoms with Crippen LogP contribution in [0.1, 0.15) is 32.6 Å². The second-order valence-electron chi connectivity index (χ2n) is 6.02. The summed E-state index contributed by atoms with van der Waals surface area (Å²) in [5.74, 6) is 1.54. The van der Waals surface area contributed by atoms with E-state index >= 15 is 0 Å². The highest BCUT2D eigenvalue weighted by Gasteiger charge is 2.20. The predicted molar refractivity (Wildman–Crippen MR) is 89.2 cm³/mol. The first-order valence-electron chi connectivity index (χ1n) is 8.35. The van der Waals surface area contributed by atoms with Gasteiger partial charge in [-0.3, -0.25) is 9.59 Å². The maximum Gasteiger partial charge on any atom is 0.220 e. The fourth-order valence-electron chi connectivity index (χ4n) is 2.74. The highest BCUT2D eigenvalue weighted by Crippen LogP contribution is 2.16. The number of hydrogen-bond donors (Lipinski definition) is 1. The minimum absolute atomic E-state index is 0.0793. The van der Waals surface area contributed by atoms with Crippen LogP contribution in [0.3, 0.4) is 0 Å². The monoisotopic (exact) mass is 318 g/mol. The van der Waals surface area contributed by atoms with E-state index in [1.807, 2.05) is 35.2 Å². The number of likely N-dealkylation sites (tertiary alicyclic amines) is 1. The molecule has 5 nitrogen and oxygen atoms in total. The number of ether oxygens (including phenoxy) is 1. The molecule has 126 valence electrons. The van der Waals surface area contributed by atoms with Crippen molar-refractivity contribution in [3.05, 3.63) is 30.3 Å². The summed E-state index contributed by atoms with van der Waals surface area (Å²) >= 11 is 0. The number of rotatable bonds is 7. The van der Waals surface area contributed by atoms with Crippen molar-refractivity contribution in [2.75, 3.05) is 26.2 Å². The summed E-state index contributed by atoms with van der Waals surface area (Å²) in [6.45, 7) is 4.49. The second-order valence-corrected chi connectivity index (χ2v) is 6.02. The molecule has 1 fully saturated rings. The molecule has 2 rings (SSSR count). The number of carbonyl (C=O) groups excluding carboxylic acids is 2. The molecule has 0 spiro atoms. The Morgan fingerprint density at radius 2 is 1.91 bits per heavy atom. The van der Waals surface area contributed by atoms with E-state index in [9.17, 15) is 9.59 Å². The third-order valence-electron chi connectivity index (χ3n) is 4.21. The zero-order valence-electron chi connectivity index (χ0n) is 13.8. The Hall–Kier alpha value is -2.04. The van der Waals surface area contributed by atoms with Crippen LogP contribution in [0.2, 0.25) is 0 Å². The molecule has 1 heterocycles. The lowest BCUT2D eigenvalue weighted by Gasteiger charge is -2.31. The number of carbonyl (C=O) groups is 2. The van der Waals surface area contributed by atoms with Crippen LogP contribution in [0.4, 0.5) is 0 Å². The van der Waals surface area contributed by atoms with Crippen LogP contribution in [-0.2, 0) is 9.59 Å². The van der Waals surface area contributed by atoms with Crippen molar-refractivity contribution >= 4 is 11.8 Å². The molecule has 0 saturated carbocycles. The number of benzene rings is 1. The molecule has 0 aliphatic carbocycles. The Bertz CT molecular complexity index is 496. The molecule has 5 heteroatoms. The van der Waals surface area contributed by atoms with Gasteiger partial charge in [-0.2, -0.15) is 0 Å². The number of amides is 2. The van der Waals surface area contributed by atoms with Crippen LogP contribution in [0.25, 0.3) is 0 Å². The topological polar surface area (TPSA) is 58.6 Å². The summed E-state index contributed by atoms with van der Waals surface area (Å²) in [5, 5.41) is 3.00. The van der Waals surface area contributed by atoms with Crippen molar-refractivity contribution in [2.24, 2.45) is 5.92 Å². The first kappa shape index (κ1) is 17.3. The molecule has 1 aliphatic rings. The van der Waals surface area contributed by atoms with Crippen LogP contribution in [0.5, 0.6) is 5.75 Å². The SMILES string of the molecule is CC(=O)N1CCC(CNC(=O)CCCOc2ccccc2)CC1.